The van der Waals surface area contributed by atoms with Gasteiger partial charge < -0.3 is 0 Å². The van der Waals surface area contributed by atoms with Crippen molar-refractivity contribution in [2.75, 3.05) is 0 Å². The highest BCUT2D eigenvalue weighted by Gasteiger charge is 2.21. The first kappa shape index (κ1) is 15.4. The van der Waals surface area contributed by atoms with E-state index in [1.54, 1.807) is 0 Å². The summed E-state index contributed by atoms with van der Waals surface area (Å²) in [4.78, 5) is 0. The van der Waals surface area contributed by atoms with Crippen LogP contribution in [-0.4, -0.2) is 0 Å². The van der Waals surface area contributed by atoms with Gasteiger partial charge in [0.25, 0.3) is 0 Å². The normalized spacial score (nSPS) is 24.9. The Hall–Kier alpha value is -2.08. The summed E-state index contributed by atoms with van der Waals surface area (Å²) in [7, 11) is 0. The van der Waals surface area contributed by atoms with Gasteiger partial charge in [-0.2, -0.15) is 0 Å². The van der Waals surface area contributed by atoms with Crippen molar-refractivity contribution in [3.05, 3.63) is 82.5 Å². The standard InChI is InChI=1S/C24H26/c1-16(2)23-11-10-22-15-21(9-12-24(22)23)20-8-7-19(14-20)18-6-4-5-17(3)13-18/h4,6,8-17,23H,5,7H2,1-3H3. The van der Waals surface area contributed by atoms with Crippen molar-refractivity contribution in [3.8, 4) is 0 Å². The first-order valence-electron chi connectivity index (χ1n) is 9.24. The van der Waals surface area contributed by atoms with Gasteiger partial charge in [0, 0.05) is 5.92 Å². The van der Waals surface area contributed by atoms with Crippen molar-refractivity contribution >= 4 is 11.6 Å². The average molecular weight is 314 g/mol. The molecule has 122 valence electrons. The van der Waals surface area contributed by atoms with Crippen molar-refractivity contribution in [3.63, 3.8) is 0 Å². The molecule has 3 aliphatic carbocycles. The first-order valence-corrected chi connectivity index (χ1v) is 9.24. The fourth-order valence-corrected chi connectivity index (χ4v) is 4.08. The van der Waals surface area contributed by atoms with Crippen LogP contribution in [0.25, 0.3) is 11.6 Å². The summed E-state index contributed by atoms with van der Waals surface area (Å²) >= 11 is 0. The summed E-state index contributed by atoms with van der Waals surface area (Å²) in [5.74, 6) is 1.90. The number of rotatable bonds is 3. The third-order valence-electron chi connectivity index (χ3n) is 5.49. The molecule has 1 aromatic carbocycles. The smallest absolute Gasteiger partial charge is 0.00502 e. The quantitative estimate of drug-likeness (QED) is 0.583. The van der Waals surface area contributed by atoms with Gasteiger partial charge in [0.05, 0.1) is 0 Å². The molecule has 2 unspecified atom stereocenters. The minimum Gasteiger partial charge on any atom is -0.0834 e. The van der Waals surface area contributed by atoms with Crippen molar-refractivity contribution < 1.29 is 0 Å². The lowest BCUT2D eigenvalue weighted by atomic mass is 9.89. The molecule has 0 radical (unpaired) electrons. The fourth-order valence-electron chi connectivity index (χ4n) is 4.08. The van der Waals surface area contributed by atoms with Crippen LogP contribution in [-0.2, 0) is 0 Å². The zero-order valence-corrected chi connectivity index (χ0v) is 14.9. The monoisotopic (exact) mass is 314 g/mol. The summed E-state index contributed by atoms with van der Waals surface area (Å²) in [5.41, 5.74) is 8.50. The SMILES string of the molecule is CC1C=C(C2=CC(c3ccc4c(c3)C=CC4C(C)C)=CC2)C=CC1. The molecule has 0 aliphatic heterocycles. The molecule has 0 heterocycles. The van der Waals surface area contributed by atoms with Gasteiger partial charge >= 0.3 is 0 Å². The lowest BCUT2D eigenvalue weighted by molar-refractivity contribution is 0.584. The maximum absolute atomic E-state index is 2.42. The Balaban J connectivity index is 1.60. The molecule has 0 saturated heterocycles. The Bertz CT molecular complexity index is 808. The number of benzene rings is 1. The van der Waals surface area contributed by atoms with Crippen LogP contribution in [0.2, 0.25) is 0 Å². The van der Waals surface area contributed by atoms with Crippen LogP contribution >= 0.6 is 0 Å². The van der Waals surface area contributed by atoms with Crippen molar-refractivity contribution in [1.82, 2.24) is 0 Å². The van der Waals surface area contributed by atoms with Crippen LogP contribution < -0.4 is 0 Å². The van der Waals surface area contributed by atoms with E-state index in [-0.39, 0.29) is 0 Å². The predicted octanol–water partition coefficient (Wildman–Crippen LogP) is 6.69. The minimum absolute atomic E-state index is 0.580. The van der Waals surface area contributed by atoms with Gasteiger partial charge in [-0.1, -0.05) is 75.4 Å². The van der Waals surface area contributed by atoms with Gasteiger partial charge in [-0.05, 0) is 64.2 Å². The van der Waals surface area contributed by atoms with E-state index in [1.807, 2.05) is 0 Å². The van der Waals surface area contributed by atoms with Crippen molar-refractivity contribution in [1.29, 1.82) is 0 Å². The zero-order chi connectivity index (χ0) is 16.7. The summed E-state index contributed by atoms with van der Waals surface area (Å²) in [6, 6.07) is 7.01. The molecule has 0 bridgehead atoms. The highest BCUT2D eigenvalue weighted by atomic mass is 14.3. The molecule has 4 rings (SSSR count). The topological polar surface area (TPSA) is 0 Å². The molecule has 0 saturated carbocycles. The van der Waals surface area contributed by atoms with Gasteiger partial charge in [0.1, 0.15) is 0 Å². The van der Waals surface area contributed by atoms with E-state index in [2.05, 4.69) is 81.5 Å². The van der Waals surface area contributed by atoms with Crippen LogP contribution in [0.4, 0.5) is 0 Å². The molecule has 0 spiro atoms. The van der Waals surface area contributed by atoms with Gasteiger partial charge in [-0.3, -0.25) is 0 Å². The van der Waals surface area contributed by atoms with Crippen molar-refractivity contribution in [2.45, 2.75) is 39.5 Å². The summed E-state index contributed by atoms with van der Waals surface area (Å²) in [6.45, 7) is 6.91. The second kappa shape index (κ2) is 6.09. The zero-order valence-electron chi connectivity index (χ0n) is 14.9. The molecule has 24 heavy (non-hydrogen) atoms. The van der Waals surface area contributed by atoms with Crippen LogP contribution in [0.1, 0.15) is 56.2 Å². The molecule has 3 aliphatic rings. The minimum atomic E-state index is 0.580. The van der Waals surface area contributed by atoms with Crippen LogP contribution in [0.15, 0.2) is 65.8 Å². The molecule has 0 fully saturated rings. The Morgan fingerprint density at radius 3 is 2.75 bits per heavy atom. The fraction of sp³-hybridized carbons (Fsp3) is 0.333. The lowest BCUT2D eigenvalue weighted by Crippen LogP contribution is -2.01. The number of hydrogen-bond acceptors (Lipinski definition) is 0. The molecule has 0 N–H and O–H groups in total. The first-order chi connectivity index (χ1) is 11.6. The maximum Gasteiger partial charge on any atom is 0.00502 e. The van der Waals surface area contributed by atoms with Gasteiger partial charge in [-0.25, -0.2) is 0 Å². The van der Waals surface area contributed by atoms with Gasteiger partial charge in [0.2, 0.25) is 0 Å². The molecular weight excluding hydrogens is 288 g/mol. The van der Waals surface area contributed by atoms with E-state index in [4.69, 9.17) is 0 Å². The van der Waals surface area contributed by atoms with E-state index < -0.39 is 0 Å². The van der Waals surface area contributed by atoms with E-state index in [0.717, 1.165) is 6.42 Å². The summed E-state index contributed by atoms with van der Waals surface area (Å²) in [5, 5.41) is 0. The molecule has 0 nitrogen and oxygen atoms in total. The maximum atomic E-state index is 2.42. The second-order valence-corrected chi connectivity index (χ2v) is 7.74. The summed E-state index contributed by atoms with van der Waals surface area (Å²) in [6.07, 6.45) is 18.7. The van der Waals surface area contributed by atoms with Crippen molar-refractivity contribution in [2.24, 2.45) is 11.8 Å². The molecule has 1 aromatic rings. The van der Waals surface area contributed by atoms with Gasteiger partial charge in [0.15, 0.2) is 0 Å². The van der Waals surface area contributed by atoms with E-state index in [9.17, 15) is 0 Å². The predicted molar refractivity (Wildman–Crippen MR) is 105 cm³/mol. The second-order valence-electron chi connectivity index (χ2n) is 7.74. The summed E-state index contributed by atoms with van der Waals surface area (Å²) < 4.78 is 0. The molecule has 0 aromatic heterocycles. The van der Waals surface area contributed by atoms with Crippen LogP contribution in [0.5, 0.6) is 0 Å². The average Bonchev–Trinajstić information content (AvgIpc) is 3.21. The molecule has 0 heteroatoms. The van der Waals surface area contributed by atoms with Gasteiger partial charge in [-0.15, -0.1) is 0 Å². The van der Waals surface area contributed by atoms with Crippen LogP contribution in [0, 0.1) is 11.8 Å². The van der Waals surface area contributed by atoms with E-state index in [0.29, 0.717) is 17.8 Å². The Labute approximate surface area is 146 Å². The molecule has 2 atom stereocenters. The number of allylic oxidation sites excluding steroid dienone is 9. The highest BCUT2D eigenvalue weighted by Crippen LogP contribution is 2.38. The third-order valence-corrected chi connectivity index (χ3v) is 5.49. The van der Waals surface area contributed by atoms with Crippen LogP contribution in [0.3, 0.4) is 0 Å². The largest absolute Gasteiger partial charge is 0.0834 e. The Morgan fingerprint density at radius 1 is 1.08 bits per heavy atom. The molecule has 0 amide bonds. The Morgan fingerprint density at radius 2 is 1.96 bits per heavy atom. The lowest BCUT2D eigenvalue weighted by Gasteiger charge is -2.15. The third kappa shape index (κ3) is 2.75. The van der Waals surface area contributed by atoms with E-state index >= 15 is 0 Å². The van der Waals surface area contributed by atoms with E-state index in [1.165, 1.54) is 39.8 Å². The highest BCUT2D eigenvalue weighted by molar-refractivity contribution is 5.81. The Kier molecular flexibility index (Phi) is 3.92. The molecular formula is C24H26. The number of fused-ring (bicyclic) bond motifs is 1. The number of hydrogen-bond donors (Lipinski definition) is 0.